The lowest BCUT2D eigenvalue weighted by Crippen LogP contribution is -1.95. The second-order valence-electron chi connectivity index (χ2n) is 12.6. The standard InChI is InChI=1S/C46H26N4/c47-27-28-18-20-29(21-19-28)40-32-12-4-6-14-34(32)41(35-15-7-5-13-33(35)40)31-22-23-36-39(26-31)50-44(30-10-2-1-3-11-30)43-38-17-9-25-49-46(38)45-37(42(36)43)16-8-24-48-45/h1-26H. The molecule has 0 atom stereocenters. The third-order valence-corrected chi connectivity index (χ3v) is 9.93. The van der Waals surface area contributed by atoms with Crippen LogP contribution in [0.3, 0.4) is 0 Å². The van der Waals surface area contributed by atoms with Crippen molar-refractivity contribution in [3.63, 3.8) is 0 Å². The fourth-order valence-electron chi connectivity index (χ4n) is 7.82. The summed E-state index contributed by atoms with van der Waals surface area (Å²) in [4.78, 5) is 15.1. The zero-order valence-corrected chi connectivity index (χ0v) is 26.8. The fraction of sp³-hybridized carbons (Fsp3) is 0. The highest BCUT2D eigenvalue weighted by molar-refractivity contribution is 6.32. The van der Waals surface area contributed by atoms with E-state index in [1.54, 1.807) is 0 Å². The van der Waals surface area contributed by atoms with Crippen LogP contribution in [0.15, 0.2) is 158 Å². The molecule has 0 aliphatic carbocycles. The maximum Gasteiger partial charge on any atom is 0.0991 e. The van der Waals surface area contributed by atoms with Gasteiger partial charge in [-0.25, -0.2) is 4.98 Å². The third kappa shape index (κ3) is 4.14. The molecule has 3 heterocycles. The van der Waals surface area contributed by atoms with E-state index in [1.165, 1.54) is 32.7 Å². The van der Waals surface area contributed by atoms with Crippen LogP contribution in [0.25, 0.3) is 98.5 Å². The van der Waals surface area contributed by atoms with Crippen LogP contribution in [0.4, 0.5) is 0 Å². The summed E-state index contributed by atoms with van der Waals surface area (Å²) in [6, 6.07) is 52.9. The number of hydrogen-bond donors (Lipinski definition) is 0. The Labute approximate surface area is 287 Å². The van der Waals surface area contributed by atoms with Crippen LogP contribution in [-0.2, 0) is 0 Å². The van der Waals surface area contributed by atoms with Gasteiger partial charge in [0.05, 0.1) is 33.9 Å². The van der Waals surface area contributed by atoms with Crippen LogP contribution in [0.2, 0.25) is 0 Å². The molecule has 3 aromatic heterocycles. The van der Waals surface area contributed by atoms with Gasteiger partial charge in [-0.2, -0.15) is 5.26 Å². The molecule has 0 radical (unpaired) electrons. The molecule has 7 aromatic carbocycles. The average Bonchev–Trinajstić information content (AvgIpc) is 3.19. The maximum atomic E-state index is 9.46. The number of nitrogens with zero attached hydrogens (tertiary/aromatic N) is 4. The van der Waals surface area contributed by atoms with E-state index >= 15 is 0 Å². The first-order valence-electron chi connectivity index (χ1n) is 16.7. The SMILES string of the molecule is N#Cc1ccc(-c2c3ccccc3c(-c3ccc4c(c3)nc(-c3ccccc3)c3c5cccnc5c5ncccc5c43)c3ccccc23)cc1. The summed E-state index contributed by atoms with van der Waals surface area (Å²) < 4.78 is 0. The molecular weight excluding hydrogens is 609 g/mol. The van der Waals surface area contributed by atoms with Gasteiger partial charge in [0.2, 0.25) is 0 Å². The largest absolute Gasteiger partial charge is 0.254 e. The molecule has 0 saturated carbocycles. The number of pyridine rings is 3. The van der Waals surface area contributed by atoms with Crippen LogP contribution in [-0.4, -0.2) is 15.0 Å². The quantitative estimate of drug-likeness (QED) is 0.143. The number of rotatable bonds is 3. The third-order valence-electron chi connectivity index (χ3n) is 9.93. The van der Waals surface area contributed by atoms with Gasteiger partial charge in [-0.1, -0.05) is 115 Å². The molecule has 0 unspecified atom stereocenters. The van der Waals surface area contributed by atoms with Crippen LogP contribution >= 0.6 is 0 Å². The van der Waals surface area contributed by atoms with E-state index in [1.807, 2.05) is 42.7 Å². The lowest BCUT2D eigenvalue weighted by molar-refractivity contribution is 1.38. The van der Waals surface area contributed by atoms with Crippen molar-refractivity contribution < 1.29 is 0 Å². The van der Waals surface area contributed by atoms with Gasteiger partial charge in [-0.05, 0) is 74.1 Å². The molecule has 0 aliphatic heterocycles. The molecule has 10 rings (SSSR count). The molecule has 230 valence electrons. The van der Waals surface area contributed by atoms with E-state index in [0.29, 0.717) is 5.56 Å². The lowest BCUT2D eigenvalue weighted by atomic mass is 9.85. The molecule has 10 aromatic rings. The van der Waals surface area contributed by atoms with E-state index in [2.05, 4.69) is 121 Å². The Hall–Kier alpha value is -6.96. The average molecular weight is 635 g/mol. The monoisotopic (exact) mass is 634 g/mol. The summed E-state index contributed by atoms with van der Waals surface area (Å²) in [5.74, 6) is 0. The van der Waals surface area contributed by atoms with E-state index in [9.17, 15) is 5.26 Å². The van der Waals surface area contributed by atoms with Crippen LogP contribution in [0.5, 0.6) is 0 Å². The van der Waals surface area contributed by atoms with E-state index in [0.717, 1.165) is 65.9 Å². The van der Waals surface area contributed by atoms with E-state index in [4.69, 9.17) is 15.0 Å². The van der Waals surface area contributed by atoms with Crippen LogP contribution in [0, 0.1) is 11.3 Å². The van der Waals surface area contributed by atoms with Crippen molar-refractivity contribution >= 4 is 65.0 Å². The molecular formula is C46H26N4. The van der Waals surface area contributed by atoms with E-state index < -0.39 is 0 Å². The van der Waals surface area contributed by atoms with Crippen molar-refractivity contribution in [1.82, 2.24) is 15.0 Å². The van der Waals surface area contributed by atoms with Gasteiger partial charge in [0, 0.05) is 44.9 Å². The first-order chi connectivity index (χ1) is 24.8. The highest BCUT2D eigenvalue weighted by Crippen LogP contribution is 2.46. The molecule has 0 aliphatic rings. The van der Waals surface area contributed by atoms with Crippen molar-refractivity contribution in [2.24, 2.45) is 0 Å². The van der Waals surface area contributed by atoms with Crippen molar-refractivity contribution in [1.29, 1.82) is 5.26 Å². The maximum absolute atomic E-state index is 9.46. The van der Waals surface area contributed by atoms with Gasteiger partial charge in [-0.3, -0.25) is 9.97 Å². The predicted molar refractivity (Wildman–Crippen MR) is 206 cm³/mol. The van der Waals surface area contributed by atoms with Crippen molar-refractivity contribution in [3.8, 4) is 39.6 Å². The summed E-state index contributed by atoms with van der Waals surface area (Å²) in [5, 5.41) is 19.5. The smallest absolute Gasteiger partial charge is 0.0991 e. The molecule has 0 N–H and O–H groups in total. The summed E-state index contributed by atoms with van der Waals surface area (Å²) in [5.41, 5.74) is 9.86. The van der Waals surface area contributed by atoms with Crippen molar-refractivity contribution in [2.45, 2.75) is 0 Å². The minimum absolute atomic E-state index is 0.651. The molecule has 0 fully saturated rings. The molecule has 0 bridgehead atoms. The zero-order valence-electron chi connectivity index (χ0n) is 26.8. The zero-order chi connectivity index (χ0) is 33.2. The minimum Gasteiger partial charge on any atom is -0.254 e. The van der Waals surface area contributed by atoms with Gasteiger partial charge in [0.15, 0.2) is 0 Å². The molecule has 4 heteroatoms. The highest BCUT2D eigenvalue weighted by Gasteiger charge is 2.21. The van der Waals surface area contributed by atoms with Gasteiger partial charge >= 0.3 is 0 Å². The molecule has 4 nitrogen and oxygen atoms in total. The predicted octanol–water partition coefficient (Wildman–Crippen LogP) is 11.7. The Morgan fingerprint density at radius 1 is 0.420 bits per heavy atom. The second-order valence-corrected chi connectivity index (χ2v) is 12.6. The molecule has 50 heavy (non-hydrogen) atoms. The summed E-state index contributed by atoms with van der Waals surface area (Å²) in [6.07, 6.45) is 3.69. The second kappa shape index (κ2) is 11.1. The van der Waals surface area contributed by atoms with Crippen LogP contribution < -0.4 is 0 Å². The Balaban J connectivity index is 1.33. The first-order valence-corrected chi connectivity index (χ1v) is 16.7. The Kier molecular flexibility index (Phi) is 6.21. The normalized spacial score (nSPS) is 11.6. The lowest BCUT2D eigenvalue weighted by Gasteiger charge is -2.19. The number of nitriles is 1. The van der Waals surface area contributed by atoms with Crippen molar-refractivity contribution in [2.75, 3.05) is 0 Å². The van der Waals surface area contributed by atoms with E-state index in [-0.39, 0.29) is 0 Å². The topological polar surface area (TPSA) is 62.5 Å². The highest BCUT2D eigenvalue weighted by atomic mass is 14.7. The van der Waals surface area contributed by atoms with Crippen LogP contribution in [0.1, 0.15) is 5.56 Å². The Morgan fingerprint density at radius 2 is 0.940 bits per heavy atom. The number of aromatic nitrogens is 3. The molecule has 0 saturated heterocycles. The van der Waals surface area contributed by atoms with Crippen molar-refractivity contribution in [3.05, 3.63) is 164 Å². The summed E-state index contributed by atoms with van der Waals surface area (Å²) in [7, 11) is 0. The van der Waals surface area contributed by atoms with Gasteiger partial charge in [0.25, 0.3) is 0 Å². The fourth-order valence-corrected chi connectivity index (χ4v) is 7.82. The number of hydrogen-bond acceptors (Lipinski definition) is 4. The summed E-state index contributed by atoms with van der Waals surface area (Å²) >= 11 is 0. The summed E-state index contributed by atoms with van der Waals surface area (Å²) in [6.45, 7) is 0. The minimum atomic E-state index is 0.651. The first kappa shape index (κ1) is 28.1. The Bertz CT molecular complexity index is 2980. The molecule has 0 amide bonds. The number of fused-ring (bicyclic) bond motifs is 10. The molecule has 0 spiro atoms. The van der Waals surface area contributed by atoms with Gasteiger partial charge in [-0.15, -0.1) is 0 Å². The van der Waals surface area contributed by atoms with Gasteiger partial charge in [0.1, 0.15) is 0 Å². The Morgan fingerprint density at radius 3 is 1.54 bits per heavy atom. The van der Waals surface area contributed by atoms with Gasteiger partial charge < -0.3 is 0 Å². The number of benzene rings is 7.